The number of fused-ring (bicyclic) bond motifs is 4. The fraction of sp³-hybridized carbons (Fsp3) is 0. The first-order valence-electron chi connectivity index (χ1n) is 17.2. The van der Waals surface area contributed by atoms with E-state index in [1.807, 2.05) is 12.2 Å². The fourth-order valence-corrected chi connectivity index (χ4v) is 11.8. The minimum absolute atomic E-state index is 1.05. The molecule has 51 heavy (non-hydrogen) atoms. The molecule has 0 amide bonds. The third-order valence-electron chi connectivity index (χ3n) is 9.98. The lowest BCUT2D eigenvalue weighted by atomic mass is 10.1. The summed E-state index contributed by atoms with van der Waals surface area (Å²) in [5, 5.41) is 3.59. The molecule has 244 valence electrons. The Morgan fingerprint density at radius 2 is 0.863 bits per heavy atom. The average molecular weight is 673 g/mol. The van der Waals surface area contributed by atoms with Crippen LogP contribution < -0.4 is 0 Å². The van der Waals surface area contributed by atoms with Gasteiger partial charge in [0.1, 0.15) is 0 Å². The molecule has 0 atom stereocenters. The molecule has 0 N–H and O–H groups in total. The van der Waals surface area contributed by atoms with Crippen LogP contribution in [-0.2, 0) is 0 Å². The van der Waals surface area contributed by atoms with E-state index in [-0.39, 0.29) is 0 Å². The largest absolute Gasteiger partial charge is 0.309 e. The molecule has 7 aromatic carbocycles. The van der Waals surface area contributed by atoms with Crippen LogP contribution in [0, 0.1) is 0 Å². The van der Waals surface area contributed by atoms with Gasteiger partial charge in [0.25, 0.3) is 0 Å². The number of nitrogens with zero attached hydrogens (tertiary/aromatic N) is 2. The first-order chi connectivity index (χ1) is 25.2. The van der Waals surface area contributed by atoms with Crippen LogP contribution in [0.1, 0.15) is 11.3 Å². The second-order valence-electron chi connectivity index (χ2n) is 12.7. The summed E-state index contributed by atoms with van der Waals surface area (Å²) in [4.78, 5) is 5.21. The molecule has 2 nitrogen and oxygen atoms in total. The summed E-state index contributed by atoms with van der Waals surface area (Å²) in [6.07, 6.45) is 3.88. The monoisotopic (exact) mass is 672 g/mol. The number of benzene rings is 7. The Bertz CT molecular complexity index is 2620. The minimum atomic E-state index is -1.84. The molecule has 0 saturated carbocycles. The van der Waals surface area contributed by atoms with Gasteiger partial charge in [-0.15, -0.1) is 10.0 Å². The lowest BCUT2D eigenvalue weighted by Crippen LogP contribution is -2.06. The maximum atomic E-state index is 4.20. The molecule has 2 heterocycles. The Morgan fingerprint density at radius 1 is 0.373 bits per heavy atom. The van der Waals surface area contributed by atoms with Gasteiger partial charge in [0.2, 0.25) is 0 Å². The van der Waals surface area contributed by atoms with Crippen molar-refractivity contribution in [3.63, 3.8) is 0 Å². The molecule has 0 radical (unpaired) electrons. The van der Waals surface area contributed by atoms with Crippen molar-refractivity contribution in [2.24, 2.45) is 0 Å². The standard InChI is InChI=1S/C48H36N2S/c1-3-41-42-27-14-16-29-46(42)49(45(41)4-2)36-31-32-48-44(34-36)43-28-15-17-30-47(43)50(48)35-19-18-26-40(33-35)51(37-20-8-5-9-21-37,38-22-10-6-11-23-38)39-24-12-7-13-25-39/h3-34H,1-2H2. The summed E-state index contributed by atoms with van der Waals surface area (Å²) < 4.78 is 4.74. The first-order valence-corrected chi connectivity index (χ1v) is 18.9. The van der Waals surface area contributed by atoms with Gasteiger partial charge >= 0.3 is 0 Å². The summed E-state index contributed by atoms with van der Waals surface area (Å²) in [6.45, 7) is 8.34. The number of para-hydroxylation sites is 2. The normalized spacial score (nSPS) is 12.0. The van der Waals surface area contributed by atoms with E-state index in [0.717, 1.165) is 33.7 Å². The molecular formula is C48H36N2S. The van der Waals surface area contributed by atoms with E-state index in [2.05, 4.69) is 204 Å². The zero-order valence-electron chi connectivity index (χ0n) is 28.2. The summed E-state index contributed by atoms with van der Waals surface area (Å²) in [5.74, 6) is 0. The average Bonchev–Trinajstić information content (AvgIpc) is 3.71. The molecule has 0 aliphatic carbocycles. The molecule has 0 spiro atoms. The fourth-order valence-electron chi connectivity index (χ4n) is 7.86. The molecule has 0 bridgehead atoms. The molecular weight excluding hydrogens is 637 g/mol. The van der Waals surface area contributed by atoms with Gasteiger partial charge in [0.05, 0.1) is 22.2 Å². The van der Waals surface area contributed by atoms with Crippen LogP contribution in [0.25, 0.3) is 56.2 Å². The van der Waals surface area contributed by atoms with Gasteiger partial charge in [-0.3, -0.25) is 0 Å². The third-order valence-corrected chi connectivity index (χ3v) is 13.9. The lowest BCUT2D eigenvalue weighted by molar-refractivity contribution is 1.11. The number of hydrogen-bond donors (Lipinski definition) is 0. The molecule has 0 saturated heterocycles. The van der Waals surface area contributed by atoms with Crippen molar-refractivity contribution < 1.29 is 0 Å². The second kappa shape index (κ2) is 12.5. The molecule has 0 fully saturated rings. The molecule has 9 rings (SSSR count). The summed E-state index contributed by atoms with van der Waals surface area (Å²) in [5.41, 5.74) is 7.86. The van der Waals surface area contributed by atoms with E-state index in [0.29, 0.717) is 0 Å². The van der Waals surface area contributed by atoms with E-state index in [1.165, 1.54) is 41.3 Å². The van der Waals surface area contributed by atoms with E-state index >= 15 is 0 Å². The van der Waals surface area contributed by atoms with Gasteiger partial charge in [-0.25, -0.2) is 0 Å². The van der Waals surface area contributed by atoms with Crippen LogP contribution in [0.4, 0.5) is 0 Å². The van der Waals surface area contributed by atoms with Crippen molar-refractivity contribution in [1.29, 1.82) is 0 Å². The van der Waals surface area contributed by atoms with Crippen LogP contribution >= 0.6 is 10.0 Å². The molecule has 2 aromatic heterocycles. The quantitative estimate of drug-likeness (QED) is 0.152. The van der Waals surface area contributed by atoms with Crippen LogP contribution in [0.15, 0.2) is 215 Å². The second-order valence-corrected chi connectivity index (χ2v) is 15.8. The number of rotatable bonds is 8. The lowest BCUT2D eigenvalue weighted by Gasteiger charge is -2.42. The van der Waals surface area contributed by atoms with E-state index in [9.17, 15) is 0 Å². The highest BCUT2D eigenvalue weighted by molar-refractivity contribution is 8.34. The minimum Gasteiger partial charge on any atom is -0.309 e. The molecule has 3 heteroatoms. The summed E-state index contributed by atoms with van der Waals surface area (Å²) in [6, 6.07) is 66.5. The molecule has 0 unspecified atom stereocenters. The van der Waals surface area contributed by atoms with Gasteiger partial charge < -0.3 is 9.13 Å². The molecule has 0 aliphatic rings. The van der Waals surface area contributed by atoms with Gasteiger partial charge in [0.15, 0.2) is 0 Å². The zero-order chi connectivity index (χ0) is 34.4. The highest BCUT2D eigenvalue weighted by Crippen LogP contribution is 2.73. The highest BCUT2D eigenvalue weighted by atomic mass is 32.3. The molecule has 0 aliphatic heterocycles. The Balaban J connectivity index is 1.31. The predicted molar refractivity (Wildman–Crippen MR) is 218 cm³/mol. The van der Waals surface area contributed by atoms with E-state index in [4.69, 9.17) is 0 Å². The van der Waals surface area contributed by atoms with Crippen LogP contribution in [0.5, 0.6) is 0 Å². The third kappa shape index (κ3) is 4.74. The molecule has 9 aromatic rings. The van der Waals surface area contributed by atoms with Crippen molar-refractivity contribution in [2.45, 2.75) is 19.6 Å². The van der Waals surface area contributed by atoms with Crippen molar-refractivity contribution in [1.82, 2.24) is 9.13 Å². The topological polar surface area (TPSA) is 9.86 Å². The van der Waals surface area contributed by atoms with Crippen molar-refractivity contribution >= 4 is 54.9 Å². The Labute approximate surface area is 300 Å². The maximum Gasteiger partial charge on any atom is 0.0542 e. The van der Waals surface area contributed by atoms with Gasteiger partial charge in [-0.1, -0.05) is 116 Å². The van der Waals surface area contributed by atoms with Crippen LogP contribution in [0.2, 0.25) is 0 Å². The number of aromatic nitrogens is 2. The highest BCUT2D eigenvalue weighted by Gasteiger charge is 2.33. The van der Waals surface area contributed by atoms with Crippen molar-refractivity contribution in [3.05, 3.63) is 206 Å². The Morgan fingerprint density at radius 3 is 1.45 bits per heavy atom. The first kappa shape index (κ1) is 30.7. The van der Waals surface area contributed by atoms with Gasteiger partial charge in [0, 0.05) is 52.7 Å². The summed E-state index contributed by atoms with van der Waals surface area (Å²) in [7, 11) is -1.84. The smallest absolute Gasteiger partial charge is 0.0542 e. The van der Waals surface area contributed by atoms with Crippen molar-refractivity contribution in [2.75, 3.05) is 0 Å². The Hall–Kier alpha value is -6.29. The van der Waals surface area contributed by atoms with Gasteiger partial charge in [-0.05, 0) is 91.0 Å². The number of hydrogen-bond acceptors (Lipinski definition) is 0. The summed E-state index contributed by atoms with van der Waals surface area (Å²) >= 11 is 0. The Kier molecular flexibility index (Phi) is 7.57. The SMILES string of the molecule is C=Cc1c(C=C)n(-c2ccc3c(c2)c2ccccc2n3-c2cccc(S(c3ccccc3)(c3ccccc3)c3ccccc3)c2)c2ccccc12. The van der Waals surface area contributed by atoms with Gasteiger partial charge in [-0.2, -0.15) is 0 Å². The maximum absolute atomic E-state index is 4.20. The predicted octanol–water partition coefficient (Wildman–Crippen LogP) is 13.4. The van der Waals surface area contributed by atoms with E-state index < -0.39 is 10.0 Å². The van der Waals surface area contributed by atoms with Crippen LogP contribution in [-0.4, -0.2) is 9.13 Å². The van der Waals surface area contributed by atoms with Crippen LogP contribution in [0.3, 0.4) is 0 Å². The van der Waals surface area contributed by atoms with Crippen molar-refractivity contribution in [3.8, 4) is 11.4 Å². The van der Waals surface area contributed by atoms with E-state index in [1.54, 1.807) is 0 Å². The zero-order valence-corrected chi connectivity index (χ0v) is 29.0.